The maximum absolute atomic E-state index is 12.7. The van der Waals surface area contributed by atoms with Crippen LogP contribution in [0.25, 0.3) is 11.1 Å². The van der Waals surface area contributed by atoms with E-state index in [2.05, 4.69) is 32.7 Å². The Morgan fingerprint density at radius 1 is 1.19 bits per heavy atom. The molecule has 3 heterocycles. The summed E-state index contributed by atoms with van der Waals surface area (Å²) in [6.07, 6.45) is 4.35. The smallest absolute Gasteiger partial charge is 0.238 e. The van der Waals surface area contributed by atoms with Gasteiger partial charge in [0.1, 0.15) is 5.82 Å². The molecular formula is C26H28ClN5O3S. The van der Waals surface area contributed by atoms with Crippen molar-refractivity contribution in [3.63, 3.8) is 0 Å². The third kappa shape index (κ3) is 5.39. The second-order valence-electron chi connectivity index (χ2n) is 9.29. The van der Waals surface area contributed by atoms with Gasteiger partial charge in [-0.15, -0.1) is 0 Å². The summed E-state index contributed by atoms with van der Waals surface area (Å²) in [5.41, 5.74) is 5.08. The second kappa shape index (κ2) is 10.2. The largest absolute Gasteiger partial charge is 0.367 e. The zero-order valence-electron chi connectivity index (χ0n) is 19.7. The number of fused-ring (bicyclic) bond motifs is 1. The molecule has 4 N–H and O–H groups in total. The third-order valence-electron chi connectivity index (χ3n) is 6.79. The lowest BCUT2D eigenvalue weighted by Crippen LogP contribution is -2.37. The minimum Gasteiger partial charge on any atom is -0.367 e. The number of hydrogen-bond acceptors (Lipinski definition) is 6. The van der Waals surface area contributed by atoms with Crippen LogP contribution < -0.4 is 20.7 Å². The van der Waals surface area contributed by atoms with E-state index in [1.165, 1.54) is 17.7 Å². The van der Waals surface area contributed by atoms with Crippen LogP contribution in [0.15, 0.2) is 59.6 Å². The van der Waals surface area contributed by atoms with E-state index in [1.54, 1.807) is 18.3 Å². The fourth-order valence-electron chi connectivity index (χ4n) is 4.81. The van der Waals surface area contributed by atoms with Gasteiger partial charge >= 0.3 is 0 Å². The topological polar surface area (TPSA) is 117 Å². The van der Waals surface area contributed by atoms with Crippen LogP contribution >= 0.6 is 11.6 Å². The number of primary sulfonamides is 1. The summed E-state index contributed by atoms with van der Waals surface area (Å²) < 4.78 is 23.1. The molecule has 2 aliphatic rings. The Morgan fingerprint density at radius 2 is 2.00 bits per heavy atom. The number of nitrogens with two attached hydrogens (primary N) is 1. The normalized spacial score (nSPS) is 17.6. The molecule has 1 amide bonds. The molecule has 1 aromatic heterocycles. The number of nitrogens with zero attached hydrogens (tertiary/aromatic N) is 2. The standard InChI is InChI=1S/C26H28ClN5O3S/c27-23-15-30-25(31-26(33)20-2-1-10-29-14-20)13-22(23)19-6-5-18-9-11-32(24(18)12-19)16-17-3-7-21(8-4-17)36(28,34)35/h3-8,12-13,15,20,29H,1-2,9-11,14,16H2,(H2,28,34,35)(H,30,31,33). The molecule has 0 spiro atoms. The maximum atomic E-state index is 12.7. The number of halogens is 1. The summed E-state index contributed by atoms with van der Waals surface area (Å²) >= 11 is 6.53. The molecule has 0 radical (unpaired) electrons. The molecule has 0 saturated carbocycles. The molecule has 5 rings (SSSR count). The van der Waals surface area contributed by atoms with Gasteiger partial charge in [0.05, 0.1) is 15.8 Å². The Balaban J connectivity index is 1.36. The first kappa shape index (κ1) is 24.7. The first-order valence-corrected chi connectivity index (χ1v) is 13.9. The predicted molar refractivity (Wildman–Crippen MR) is 141 cm³/mol. The molecule has 36 heavy (non-hydrogen) atoms. The van der Waals surface area contributed by atoms with Crippen LogP contribution in [-0.2, 0) is 27.8 Å². The summed E-state index contributed by atoms with van der Waals surface area (Å²) in [7, 11) is -3.71. The van der Waals surface area contributed by atoms with Crippen molar-refractivity contribution >= 4 is 39.0 Å². The Bertz CT molecular complexity index is 1390. The molecule has 1 unspecified atom stereocenters. The van der Waals surface area contributed by atoms with E-state index in [1.807, 2.05) is 12.1 Å². The number of piperidine rings is 1. The van der Waals surface area contributed by atoms with Gasteiger partial charge in [-0.2, -0.15) is 0 Å². The van der Waals surface area contributed by atoms with Crippen LogP contribution in [-0.4, -0.2) is 38.9 Å². The number of aromatic nitrogens is 1. The third-order valence-corrected chi connectivity index (χ3v) is 8.02. The Hall–Kier alpha value is -2.98. The Morgan fingerprint density at radius 3 is 2.72 bits per heavy atom. The molecular weight excluding hydrogens is 498 g/mol. The number of carbonyl (C=O) groups is 1. The molecule has 8 nitrogen and oxygen atoms in total. The van der Waals surface area contributed by atoms with Crippen LogP contribution in [0.5, 0.6) is 0 Å². The number of hydrogen-bond donors (Lipinski definition) is 3. The van der Waals surface area contributed by atoms with Crippen molar-refractivity contribution in [2.45, 2.75) is 30.7 Å². The minimum atomic E-state index is -3.71. The SMILES string of the molecule is NS(=O)(=O)c1ccc(CN2CCc3ccc(-c4cc(NC(=O)C5CCCNC5)ncc4Cl)cc32)cc1. The quantitative estimate of drug-likeness (QED) is 0.453. The van der Waals surface area contributed by atoms with Crippen molar-refractivity contribution < 1.29 is 13.2 Å². The fraction of sp³-hybridized carbons (Fsp3) is 0.308. The molecule has 0 bridgehead atoms. The monoisotopic (exact) mass is 525 g/mol. The van der Waals surface area contributed by atoms with E-state index < -0.39 is 10.0 Å². The van der Waals surface area contributed by atoms with Crippen molar-refractivity contribution in [2.75, 3.05) is 29.9 Å². The zero-order chi connectivity index (χ0) is 25.3. The molecule has 2 aromatic carbocycles. The number of benzene rings is 2. The lowest BCUT2D eigenvalue weighted by Gasteiger charge is -2.22. The van der Waals surface area contributed by atoms with Crippen LogP contribution in [0.1, 0.15) is 24.0 Å². The van der Waals surface area contributed by atoms with E-state index in [4.69, 9.17) is 16.7 Å². The van der Waals surface area contributed by atoms with Crippen LogP contribution in [0.2, 0.25) is 5.02 Å². The average molecular weight is 526 g/mol. The molecule has 1 saturated heterocycles. The molecule has 2 aliphatic heterocycles. The molecule has 3 aromatic rings. The second-order valence-corrected chi connectivity index (χ2v) is 11.3. The van der Waals surface area contributed by atoms with Crippen molar-refractivity contribution in [2.24, 2.45) is 11.1 Å². The van der Waals surface area contributed by atoms with Gasteiger partial charge in [-0.1, -0.05) is 35.9 Å². The van der Waals surface area contributed by atoms with Crippen LogP contribution in [0.3, 0.4) is 0 Å². The highest BCUT2D eigenvalue weighted by atomic mass is 35.5. The fourth-order valence-corrected chi connectivity index (χ4v) is 5.54. The zero-order valence-corrected chi connectivity index (χ0v) is 21.3. The molecule has 1 atom stereocenters. The van der Waals surface area contributed by atoms with Gasteiger partial charge in [0.2, 0.25) is 15.9 Å². The highest BCUT2D eigenvalue weighted by Gasteiger charge is 2.23. The first-order valence-electron chi connectivity index (χ1n) is 11.9. The summed E-state index contributed by atoms with van der Waals surface area (Å²) in [6.45, 7) is 3.12. The first-order chi connectivity index (χ1) is 17.3. The lowest BCUT2D eigenvalue weighted by molar-refractivity contribution is -0.120. The number of nitrogens with one attached hydrogen (secondary N) is 2. The van der Waals surface area contributed by atoms with Gasteiger partial charge in [-0.3, -0.25) is 4.79 Å². The molecule has 0 aliphatic carbocycles. The van der Waals surface area contributed by atoms with Crippen molar-refractivity contribution in [3.8, 4) is 11.1 Å². The van der Waals surface area contributed by atoms with E-state index >= 15 is 0 Å². The number of anilines is 2. The van der Waals surface area contributed by atoms with E-state index in [-0.39, 0.29) is 16.7 Å². The van der Waals surface area contributed by atoms with E-state index in [0.717, 1.165) is 54.7 Å². The van der Waals surface area contributed by atoms with Gasteiger partial charge in [0.25, 0.3) is 0 Å². The summed E-state index contributed by atoms with van der Waals surface area (Å²) in [5, 5.41) is 11.9. The highest BCUT2D eigenvalue weighted by Crippen LogP contribution is 2.37. The number of sulfonamides is 1. The Labute approximate surface area is 215 Å². The number of pyridine rings is 1. The number of carbonyl (C=O) groups excluding carboxylic acids is 1. The maximum Gasteiger partial charge on any atom is 0.238 e. The van der Waals surface area contributed by atoms with Crippen LogP contribution in [0.4, 0.5) is 11.5 Å². The van der Waals surface area contributed by atoms with Crippen molar-refractivity contribution in [1.82, 2.24) is 10.3 Å². The summed E-state index contributed by atoms with van der Waals surface area (Å²) in [6, 6.07) is 14.7. The summed E-state index contributed by atoms with van der Waals surface area (Å²) in [5.74, 6) is 0.390. The number of rotatable bonds is 6. The average Bonchev–Trinajstić information content (AvgIpc) is 3.27. The van der Waals surface area contributed by atoms with Crippen molar-refractivity contribution in [1.29, 1.82) is 0 Å². The Kier molecular flexibility index (Phi) is 6.98. The van der Waals surface area contributed by atoms with Crippen LogP contribution in [0, 0.1) is 5.92 Å². The van der Waals surface area contributed by atoms with Gasteiger partial charge in [-0.25, -0.2) is 18.5 Å². The molecule has 1 fully saturated rings. The molecule has 188 valence electrons. The lowest BCUT2D eigenvalue weighted by atomic mass is 9.99. The van der Waals surface area contributed by atoms with Gasteiger partial charge in [0.15, 0.2) is 0 Å². The van der Waals surface area contributed by atoms with E-state index in [9.17, 15) is 13.2 Å². The predicted octanol–water partition coefficient (Wildman–Crippen LogP) is 3.55. The minimum absolute atomic E-state index is 0.0310. The molecule has 10 heteroatoms. The summed E-state index contributed by atoms with van der Waals surface area (Å²) in [4.78, 5) is 19.4. The number of amides is 1. The van der Waals surface area contributed by atoms with Gasteiger partial charge < -0.3 is 15.5 Å². The van der Waals surface area contributed by atoms with Gasteiger partial charge in [0, 0.05) is 37.1 Å². The van der Waals surface area contributed by atoms with Gasteiger partial charge in [-0.05, 0) is 66.8 Å². The van der Waals surface area contributed by atoms with E-state index in [0.29, 0.717) is 23.9 Å². The van der Waals surface area contributed by atoms with Crippen molar-refractivity contribution in [3.05, 3.63) is 70.9 Å². The highest BCUT2D eigenvalue weighted by molar-refractivity contribution is 7.89.